The summed E-state index contributed by atoms with van der Waals surface area (Å²) in [7, 11) is 0. The summed E-state index contributed by atoms with van der Waals surface area (Å²) < 4.78 is 0. The van der Waals surface area contributed by atoms with Crippen LogP contribution in [0.15, 0.2) is 24.3 Å². The molecule has 1 aromatic rings. The molecule has 2 heteroatoms. The molecule has 0 amide bonds. The fourth-order valence-corrected chi connectivity index (χ4v) is 2.72. The third-order valence-corrected chi connectivity index (χ3v) is 3.77. The number of hydrogen-bond donors (Lipinski definition) is 1. The summed E-state index contributed by atoms with van der Waals surface area (Å²) in [5.41, 5.74) is 8.87. The Bertz CT molecular complexity index is 362. The number of nitrogens with zero attached hydrogens (tertiary/aromatic N) is 1. The Labute approximate surface area is 105 Å². The van der Waals surface area contributed by atoms with E-state index in [2.05, 4.69) is 43.0 Å². The van der Waals surface area contributed by atoms with Crippen LogP contribution in [-0.4, -0.2) is 13.1 Å². The zero-order valence-corrected chi connectivity index (χ0v) is 11.0. The molecule has 1 aliphatic heterocycles. The smallest absolute Gasteiger partial charge is 0.0414 e. The highest BCUT2D eigenvalue weighted by molar-refractivity contribution is 5.55. The van der Waals surface area contributed by atoms with E-state index in [4.69, 9.17) is 5.73 Å². The van der Waals surface area contributed by atoms with Gasteiger partial charge < -0.3 is 10.6 Å². The van der Waals surface area contributed by atoms with Crippen LogP contribution in [0.3, 0.4) is 0 Å². The third kappa shape index (κ3) is 2.81. The molecule has 0 aromatic heterocycles. The van der Waals surface area contributed by atoms with Gasteiger partial charge in [0.15, 0.2) is 0 Å². The van der Waals surface area contributed by atoms with Crippen molar-refractivity contribution in [1.82, 2.24) is 0 Å². The van der Waals surface area contributed by atoms with Gasteiger partial charge in [-0.05, 0) is 36.8 Å². The molecule has 2 rings (SSSR count). The van der Waals surface area contributed by atoms with E-state index in [0.29, 0.717) is 0 Å². The zero-order valence-electron chi connectivity index (χ0n) is 11.0. The lowest BCUT2D eigenvalue weighted by Gasteiger charge is -2.35. The van der Waals surface area contributed by atoms with Crippen molar-refractivity contribution in [3.8, 4) is 0 Å². The Hall–Kier alpha value is -1.02. The first kappa shape index (κ1) is 12.4. The van der Waals surface area contributed by atoms with Gasteiger partial charge in [-0.3, -0.25) is 0 Å². The van der Waals surface area contributed by atoms with E-state index in [1.807, 2.05) is 0 Å². The minimum absolute atomic E-state index is 0.170. The van der Waals surface area contributed by atoms with Gasteiger partial charge in [0.25, 0.3) is 0 Å². The van der Waals surface area contributed by atoms with Gasteiger partial charge >= 0.3 is 0 Å². The first-order chi connectivity index (χ1) is 8.22. The third-order valence-electron chi connectivity index (χ3n) is 3.77. The maximum Gasteiger partial charge on any atom is 0.0414 e. The second kappa shape index (κ2) is 5.54. The number of hydrogen-bond acceptors (Lipinski definition) is 2. The molecule has 0 bridgehead atoms. The summed E-state index contributed by atoms with van der Waals surface area (Å²) in [6.45, 7) is 6.85. The van der Waals surface area contributed by atoms with Crippen LogP contribution in [0.2, 0.25) is 0 Å². The normalized spacial score (nSPS) is 22.5. The molecule has 0 saturated carbocycles. The molecular formula is C15H24N2. The molecule has 0 radical (unpaired) electrons. The van der Waals surface area contributed by atoms with Crippen LogP contribution >= 0.6 is 0 Å². The quantitative estimate of drug-likeness (QED) is 0.866. The largest absolute Gasteiger partial charge is 0.371 e. The summed E-state index contributed by atoms with van der Waals surface area (Å²) in [5.74, 6) is 0.801. The van der Waals surface area contributed by atoms with E-state index in [-0.39, 0.29) is 6.04 Å². The highest BCUT2D eigenvalue weighted by atomic mass is 15.1. The van der Waals surface area contributed by atoms with Gasteiger partial charge in [0.1, 0.15) is 0 Å². The average molecular weight is 232 g/mol. The molecule has 17 heavy (non-hydrogen) atoms. The van der Waals surface area contributed by atoms with Crippen molar-refractivity contribution in [3.63, 3.8) is 0 Å². The van der Waals surface area contributed by atoms with Gasteiger partial charge in [0.05, 0.1) is 0 Å². The number of benzene rings is 1. The summed E-state index contributed by atoms with van der Waals surface area (Å²) in [6, 6.07) is 8.80. The van der Waals surface area contributed by atoms with Crippen molar-refractivity contribution in [2.24, 2.45) is 11.7 Å². The van der Waals surface area contributed by atoms with Gasteiger partial charge in [-0.15, -0.1) is 0 Å². The minimum Gasteiger partial charge on any atom is -0.371 e. The lowest BCUT2D eigenvalue weighted by molar-refractivity contribution is 0.445. The van der Waals surface area contributed by atoms with E-state index in [1.54, 1.807) is 0 Å². The second-order valence-corrected chi connectivity index (χ2v) is 5.27. The number of piperidine rings is 1. The Kier molecular flexibility index (Phi) is 4.06. The SMILES string of the molecule is CC[C@@H](N)c1ccccc1N1CCCC(C)C1. The predicted molar refractivity (Wildman–Crippen MR) is 74.3 cm³/mol. The lowest BCUT2D eigenvalue weighted by Crippen LogP contribution is -2.35. The number of nitrogens with two attached hydrogens (primary N) is 1. The molecule has 2 atom stereocenters. The Balaban J connectivity index is 2.24. The first-order valence-electron chi connectivity index (χ1n) is 6.81. The van der Waals surface area contributed by atoms with Crippen molar-refractivity contribution in [2.75, 3.05) is 18.0 Å². The van der Waals surface area contributed by atoms with E-state index in [0.717, 1.165) is 12.3 Å². The molecule has 94 valence electrons. The Morgan fingerprint density at radius 3 is 2.88 bits per heavy atom. The zero-order chi connectivity index (χ0) is 12.3. The summed E-state index contributed by atoms with van der Waals surface area (Å²) >= 11 is 0. The van der Waals surface area contributed by atoms with Crippen LogP contribution < -0.4 is 10.6 Å². The Morgan fingerprint density at radius 1 is 1.41 bits per heavy atom. The maximum absolute atomic E-state index is 6.21. The Morgan fingerprint density at radius 2 is 2.18 bits per heavy atom. The number of para-hydroxylation sites is 1. The van der Waals surface area contributed by atoms with Gasteiger partial charge in [0, 0.05) is 24.8 Å². The fraction of sp³-hybridized carbons (Fsp3) is 0.600. The van der Waals surface area contributed by atoms with Crippen molar-refractivity contribution in [2.45, 2.75) is 39.2 Å². The molecule has 1 aromatic carbocycles. The van der Waals surface area contributed by atoms with Crippen molar-refractivity contribution in [3.05, 3.63) is 29.8 Å². The van der Waals surface area contributed by atoms with Crippen molar-refractivity contribution < 1.29 is 0 Å². The van der Waals surface area contributed by atoms with Gasteiger partial charge in [-0.25, -0.2) is 0 Å². The molecular weight excluding hydrogens is 208 g/mol. The highest BCUT2D eigenvalue weighted by Crippen LogP contribution is 2.30. The number of anilines is 1. The van der Waals surface area contributed by atoms with Gasteiger partial charge in [-0.1, -0.05) is 32.0 Å². The molecule has 2 N–H and O–H groups in total. The second-order valence-electron chi connectivity index (χ2n) is 5.27. The molecule has 0 aliphatic carbocycles. The maximum atomic E-state index is 6.21. The summed E-state index contributed by atoms with van der Waals surface area (Å²) in [6.07, 6.45) is 3.66. The monoisotopic (exact) mass is 232 g/mol. The fourth-order valence-electron chi connectivity index (χ4n) is 2.72. The standard InChI is InChI=1S/C15H24N2/c1-3-14(16)13-8-4-5-9-15(13)17-10-6-7-12(2)11-17/h4-5,8-9,12,14H,3,6-7,10-11,16H2,1-2H3/t12?,14-/m1/s1. The molecule has 0 spiro atoms. The van der Waals surface area contributed by atoms with E-state index >= 15 is 0 Å². The first-order valence-corrected chi connectivity index (χ1v) is 6.81. The van der Waals surface area contributed by atoms with Gasteiger partial charge in [-0.2, -0.15) is 0 Å². The van der Waals surface area contributed by atoms with E-state index in [9.17, 15) is 0 Å². The van der Waals surface area contributed by atoms with Crippen molar-refractivity contribution in [1.29, 1.82) is 0 Å². The summed E-state index contributed by atoms with van der Waals surface area (Å²) in [4.78, 5) is 2.51. The van der Waals surface area contributed by atoms with E-state index < -0.39 is 0 Å². The van der Waals surface area contributed by atoms with E-state index in [1.165, 1.54) is 37.2 Å². The summed E-state index contributed by atoms with van der Waals surface area (Å²) in [5, 5.41) is 0. The predicted octanol–water partition coefficient (Wildman–Crippen LogP) is 3.33. The molecule has 1 saturated heterocycles. The molecule has 2 nitrogen and oxygen atoms in total. The van der Waals surface area contributed by atoms with Crippen LogP contribution in [0, 0.1) is 5.92 Å². The number of rotatable bonds is 3. The van der Waals surface area contributed by atoms with Crippen LogP contribution in [-0.2, 0) is 0 Å². The molecule has 1 heterocycles. The molecule has 1 aliphatic rings. The minimum atomic E-state index is 0.170. The topological polar surface area (TPSA) is 29.3 Å². The van der Waals surface area contributed by atoms with Crippen molar-refractivity contribution >= 4 is 5.69 Å². The average Bonchev–Trinajstić information content (AvgIpc) is 2.38. The van der Waals surface area contributed by atoms with Gasteiger partial charge in [0.2, 0.25) is 0 Å². The van der Waals surface area contributed by atoms with Crippen LogP contribution in [0.25, 0.3) is 0 Å². The van der Waals surface area contributed by atoms with Crippen LogP contribution in [0.5, 0.6) is 0 Å². The lowest BCUT2D eigenvalue weighted by atomic mass is 9.97. The highest BCUT2D eigenvalue weighted by Gasteiger charge is 2.20. The van der Waals surface area contributed by atoms with Crippen LogP contribution in [0.4, 0.5) is 5.69 Å². The molecule has 1 fully saturated rings. The van der Waals surface area contributed by atoms with Crippen LogP contribution in [0.1, 0.15) is 44.7 Å². The molecule has 1 unspecified atom stereocenters.